The first-order valence-electron chi connectivity index (χ1n) is 9.49. The molecule has 32 heavy (non-hydrogen) atoms. The van der Waals surface area contributed by atoms with Gasteiger partial charge in [0.1, 0.15) is 25.4 Å². The van der Waals surface area contributed by atoms with Crippen LogP contribution in [0.1, 0.15) is 6.92 Å². The summed E-state index contributed by atoms with van der Waals surface area (Å²) < 4.78 is 0. The first-order chi connectivity index (χ1) is 15.0. The van der Waals surface area contributed by atoms with Crippen molar-refractivity contribution in [2.45, 2.75) is 6.92 Å². The number of carbonyl (C=O) groups is 7. The van der Waals surface area contributed by atoms with Gasteiger partial charge in [-0.1, -0.05) is 0 Å². The van der Waals surface area contributed by atoms with Crippen LogP contribution in [0.2, 0.25) is 0 Å². The molecule has 8 N–H and O–H groups in total. The molecule has 0 atom stereocenters. The number of Topliss-reactive ketones (excluding diaryl/α,β-unsaturated/α-hetero) is 1. The minimum Gasteiger partial charge on any atom is -0.358 e. The number of nitrogens with one attached hydrogen (secondary N) is 4. The second-order valence-electron chi connectivity index (χ2n) is 6.44. The third-order valence-electron chi connectivity index (χ3n) is 3.79. The summed E-state index contributed by atoms with van der Waals surface area (Å²) in [4.78, 5) is 84.0. The first-order valence-corrected chi connectivity index (χ1v) is 9.49. The highest BCUT2D eigenvalue weighted by Crippen LogP contribution is 1.92. The number of nitrogens with two attached hydrogens (primary N) is 2. The fraction of sp³-hybridized carbons (Fsp3) is 0.588. The van der Waals surface area contributed by atoms with Crippen LogP contribution in [0.5, 0.6) is 0 Å². The number of nitrogens with zero attached hydrogens (tertiary/aromatic N) is 2. The molecule has 0 fully saturated rings. The number of ketones is 1. The van der Waals surface area contributed by atoms with Gasteiger partial charge in [0, 0.05) is 7.05 Å². The zero-order valence-corrected chi connectivity index (χ0v) is 18.1. The van der Waals surface area contributed by atoms with Crippen LogP contribution < -0.4 is 32.7 Å². The van der Waals surface area contributed by atoms with Crippen LogP contribution in [-0.2, 0) is 33.6 Å². The molecule has 0 aliphatic heterocycles. The molecule has 0 spiro atoms. The molecule has 0 bridgehead atoms. The smallest absolute Gasteiger partial charge is 0.243 e. The van der Waals surface area contributed by atoms with Crippen molar-refractivity contribution in [3.63, 3.8) is 0 Å². The molecule has 0 aromatic rings. The zero-order chi connectivity index (χ0) is 24.7. The number of rotatable bonds is 14. The molecule has 15 heteroatoms. The van der Waals surface area contributed by atoms with E-state index in [0.717, 1.165) is 9.80 Å². The number of hydrogen-bond acceptors (Lipinski definition) is 9. The molecule has 0 aliphatic rings. The Balaban J connectivity index is 4.97. The summed E-state index contributed by atoms with van der Waals surface area (Å²) in [5.74, 6) is -4.20. The van der Waals surface area contributed by atoms with Crippen molar-refractivity contribution < 1.29 is 33.6 Å². The Bertz CT molecular complexity index is 728. The number of amides is 6. The van der Waals surface area contributed by atoms with E-state index >= 15 is 0 Å². The predicted octanol–water partition coefficient (Wildman–Crippen LogP) is -5.80. The van der Waals surface area contributed by atoms with Crippen LogP contribution in [0.4, 0.5) is 0 Å². The van der Waals surface area contributed by atoms with Gasteiger partial charge in [-0.25, -0.2) is 0 Å². The molecule has 6 amide bonds. The van der Waals surface area contributed by atoms with Gasteiger partial charge in [-0.15, -0.1) is 0 Å². The van der Waals surface area contributed by atoms with Gasteiger partial charge in [-0.2, -0.15) is 0 Å². The van der Waals surface area contributed by atoms with Gasteiger partial charge in [0.05, 0.1) is 32.8 Å². The maximum absolute atomic E-state index is 12.4. The average Bonchev–Trinajstić information content (AvgIpc) is 2.77. The van der Waals surface area contributed by atoms with Gasteiger partial charge in [-0.05, 0) is 6.92 Å². The Labute approximate surface area is 184 Å². The third kappa shape index (κ3) is 12.2. The molecule has 0 radical (unpaired) electrons. The highest BCUT2D eigenvalue weighted by Gasteiger charge is 2.21. The topological polar surface area (TPSA) is 226 Å². The fourth-order valence-corrected chi connectivity index (χ4v) is 2.07. The van der Waals surface area contributed by atoms with E-state index in [1.807, 2.05) is 0 Å². The second-order valence-corrected chi connectivity index (χ2v) is 6.44. The minimum atomic E-state index is -0.754. The lowest BCUT2D eigenvalue weighted by molar-refractivity contribution is -0.140. The van der Waals surface area contributed by atoms with Crippen LogP contribution in [0, 0.1) is 0 Å². The van der Waals surface area contributed by atoms with E-state index in [9.17, 15) is 33.6 Å². The van der Waals surface area contributed by atoms with Crippen molar-refractivity contribution in [3.8, 4) is 0 Å². The Morgan fingerprint density at radius 1 is 0.656 bits per heavy atom. The van der Waals surface area contributed by atoms with Crippen molar-refractivity contribution in [3.05, 3.63) is 0 Å². The molecule has 0 aromatic heterocycles. The molecule has 0 saturated carbocycles. The van der Waals surface area contributed by atoms with E-state index in [1.165, 1.54) is 14.0 Å². The van der Waals surface area contributed by atoms with E-state index in [4.69, 9.17) is 11.5 Å². The predicted molar refractivity (Wildman–Crippen MR) is 110 cm³/mol. The van der Waals surface area contributed by atoms with Crippen LogP contribution >= 0.6 is 0 Å². The lowest BCUT2D eigenvalue weighted by Crippen LogP contribution is -2.52. The van der Waals surface area contributed by atoms with Gasteiger partial charge >= 0.3 is 0 Å². The summed E-state index contributed by atoms with van der Waals surface area (Å²) in [6.45, 7) is -2.10. The molecular weight excluding hydrogens is 428 g/mol. The van der Waals surface area contributed by atoms with E-state index in [1.54, 1.807) is 0 Å². The standard InChI is InChI=1S/C17H30N8O7/c1-11(26)5-21-15(30)9-25(10-23-12(27)3-18)17(32)6-22-14(29)8-24(16(31)4-19)7-13(28)20-2/h3-10,18-19H2,1-2H3,(H,20,28)(H,21,30)(H,22,29)(H,23,27). The van der Waals surface area contributed by atoms with Crippen molar-refractivity contribution in [1.82, 2.24) is 31.1 Å². The molecule has 15 nitrogen and oxygen atoms in total. The lowest BCUT2D eigenvalue weighted by Gasteiger charge is -2.23. The van der Waals surface area contributed by atoms with Crippen molar-refractivity contribution in [1.29, 1.82) is 0 Å². The number of hydrogen-bond donors (Lipinski definition) is 6. The molecule has 0 saturated heterocycles. The summed E-state index contributed by atoms with van der Waals surface area (Å²) in [5, 5.41) is 9.20. The summed E-state index contributed by atoms with van der Waals surface area (Å²) in [5.41, 5.74) is 10.5. The first kappa shape index (κ1) is 28.4. The molecule has 0 aliphatic carbocycles. The molecule has 0 rings (SSSR count). The Kier molecular flexibility index (Phi) is 13.5. The SMILES string of the molecule is CNC(=O)CN(CC(=O)NCC(=O)N(CNC(=O)CN)CC(=O)NCC(C)=O)C(=O)CN. The largest absolute Gasteiger partial charge is 0.358 e. The lowest BCUT2D eigenvalue weighted by atomic mass is 10.3. The van der Waals surface area contributed by atoms with E-state index < -0.39 is 68.2 Å². The highest BCUT2D eigenvalue weighted by molar-refractivity contribution is 5.92. The summed E-state index contributed by atoms with van der Waals surface area (Å²) in [6.07, 6.45) is 0. The maximum Gasteiger partial charge on any atom is 0.243 e. The number of carbonyl (C=O) groups excluding carboxylic acids is 7. The van der Waals surface area contributed by atoms with Gasteiger partial charge in [-0.3, -0.25) is 33.6 Å². The Hall–Kier alpha value is -3.59. The average molecular weight is 458 g/mol. The highest BCUT2D eigenvalue weighted by atomic mass is 16.2. The van der Waals surface area contributed by atoms with Crippen LogP contribution in [0.15, 0.2) is 0 Å². The maximum atomic E-state index is 12.4. The van der Waals surface area contributed by atoms with Crippen molar-refractivity contribution in [2.24, 2.45) is 11.5 Å². The quantitative estimate of drug-likeness (QED) is 0.136. The van der Waals surface area contributed by atoms with Crippen LogP contribution in [0.25, 0.3) is 0 Å². The van der Waals surface area contributed by atoms with E-state index in [-0.39, 0.29) is 25.5 Å². The van der Waals surface area contributed by atoms with Crippen LogP contribution in [0.3, 0.4) is 0 Å². The van der Waals surface area contributed by atoms with Gasteiger partial charge in [0.15, 0.2) is 0 Å². The Morgan fingerprint density at radius 2 is 1.19 bits per heavy atom. The summed E-state index contributed by atoms with van der Waals surface area (Å²) >= 11 is 0. The fourth-order valence-electron chi connectivity index (χ4n) is 2.07. The van der Waals surface area contributed by atoms with Crippen molar-refractivity contribution >= 4 is 41.2 Å². The van der Waals surface area contributed by atoms with E-state index in [2.05, 4.69) is 21.3 Å². The van der Waals surface area contributed by atoms with E-state index in [0.29, 0.717) is 0 Å². The monoisotopic (exact) mass is 458 g/mol. The van der Waals surface area contributed by atoms with Crippen molar-refractivity contribution in [2.75, 3.05) is 59.5 Å². The Morgan fingerprint density at radius 3 is 1.69 bits per heavy atom. The van der Waals surface area contributed by atoms with Gasteiger partial charge in [0.2, 0.25) is 35.4 Å². The van der Waals surface area contributed by atoms with Crippen LogP contribution in [-0.4, -0.2) is 111 Å². The summed E-state index contributed by atoms with van der Waals surface area (Å²) in [6, 6.07) is 0. The molecule has 0 unspecified atom stereocenters. The minimum absolute atomic E-state index is 0.233. The normalized spacial score (nSPS) is 9.88. The molecule has 0 aromatic carbocycles. The van der Waals surface area contributed by atoms with Gasteiger partial charge in [0.25, 0.3) is 0 Å². The molecule has 0 heterocycles. The molecule has 180 valence electrons. The summed E-state index contributed by atoms with van der Waals surface area (Å²) in [7, 11) is 1.36. The third-order valence-corrected chi connectivity index (χ3v) is 3.79. The molecular formula is C17H30N8O7. The zero-order valence-electron chi connectivity index (χ0n) is 18.1. The number of likely N-dealkylation sites (N-methyl/N-ethyl adjacent to an activating group) is 1. The second kappa shape index (κ2) is 15.2. The van der Waals surface area contributed by atoms with Gasteiger partial charge < -0.3 is 42.5 Å².